The molecule has 10 nitrogen and oxygen atoms in total. The Labute approximate surface area is 358 Å². The number of nitrogens with zero attached hydrogens (tertiary/aromatic N) is 2. The van der Waals surface area contributed by atoms with Crippen molar-refractivity contribution in [3.8, 4) is 17.2 Å². The van der Waals surface area contributed by atoms with E-state index < -0.39 is 23.8 Å². The van der Waals surface area contributed by atoms with E-state index in [1.165, 1.54) is 7.11 Å². The Hall–Kier alpha value is -4.81. The molecule has 0 spiro atoms. The summed E-state index contributed by atoms with van der Waals surface area (Å²) < 4.78 is 26.6. The lowest BCUT2D eigenvalue weighted by atomic mass is 9.55. The number of amides is 1. The van der Waals surface area contributed by atoms with Crippen LogP contribution in [0, 0.1) is 17.8 Å². The Kier molecular flexibility index (Phi) is 14.5. The van der Waals surface area contributed by atoms with Crippen LogP contribution in [0.1, 0.15) is 68.9 Å². The number of hydrogen-bond acceptors (Lipinski definition) is 10. The predicted molar refractivity (Wildman–Crippen MR) is 237 cm³/mol. The Morgan fingerprint density at radius 2 is 1.73 bits per heavy atom. The molecule has 1 fully saturated rings. The molecule has 0 bridgehead atoms. The Balaban J connectivity index is 1.45. The molecule has 4 aromatic carbocycles. The molecule has 4 aromatic rings. The van der Waals surface area contributed by atoms with E-state index in [4.69, 9.17) is 28.9 Å². The van der Waals surface area contributed by atoms with E-state index in [0.29, 0.717) is 30.9 Å². The second-order valence-corrected chi connectivity index (χ2v) is 16.6. The van der Waals surface area contributed by atoms with E-state index in [9.17, 15) is 15.0 Å². The molecule has 0 aromatic heterocycles. The van der Waals surface area contributed by atoms with Gasteiger partial charge in [-0.25, -0.2) is 4.79 Å². The van der Waals surface area contributed by atoms with Crippen molar-refractivity contribution >= 4 is 34.3 Å². The molecular formula is C49H58N2O8S. The van der Waals surface area contributed by atoms with Crippen LogP contribution in [0.25, 0.3) is 10.8 Å². The first-order valence-corrected chi connectivity index (χ1v) is 22.5. The van der Waals surface area contributed by atoms with Crippen molar-refractivity contribution < 1.29 is 38.8 Å². The summed E-state index contributed by atoms with van der Waals surface area (Å²) >= 11 is 1.68. The zero-order valence-electron chi connectivity index (χ0n) is 35.0. The van der Waals surface area contributed by atoms with Gasteiger partial charge in [-0.15, -0.1) is 18.3 Å². The summed E-state index contributed by atoms with van der Waals surface area (Å²) in [6.07, 6.45) is 10.6. The third-order valence-corrected chi connectivity index (χ3v) is 13.0. The highest BCUT2D eigenvalue weighted by Crippen LogP contribution is 2.62. The molecule has 7 rings (SSSR count). The first-order chi connectivity index (χ1) is 29.4. The lowest BCUT2D eigenvalue weighted by Crippen LogP contribution is -2.70. The number of aliphatic hydroxyl groups is 2. The number of allylic oxidation sites excluding steroid dienone is 1. The zero-order valence-corrected chi connectivity index (χ0v) is 35.8. The fraction of sp³-hybridized carbons (Fsp3) is 0.429. The van der Waals surface area contributed by atoms with Gasteiger partial charge in [0.2, 0.25) is 5.79 Å². The number of rotatable bonds is 19. The maximum Gasteiger partial charge on any atom is 0.410 e. The van der Waals surface area contributed by atoms with Gasteiger partial charge in [0.15, 0.2) is 0 Å². The molecule has 11 heteroatoms. The zero-order chi connectivity index (χ0) is 42.1. The van der Waals surface area contributed by atoms with Gasteiger partial charge in [0, 0.05) is 36.0 Å². The molecular weight excluding hydrogens is 777 g/mol. The fourth-order valence-electron chi connectivity index (χ4n) is 9.67. The van der Waals surface area contributed by atoms with Crippen molar-refractivity contribution in [1.82, 2.24) is 4.90 Å². The van der Waals surface area contributed by atoms with Gasteiger partial charge < -0.3 is 34.0 Å². The van der Waals surface area contributed by atoms with Gasteiger partial charge in [0.25, 0.3) is 0 Å². The molecule has 6 atom stereocenters. The minimum atomic E-state index is -1.41. The number of fused-ring (bicyclic) bond motifs is 3. The summed E-state index contributed by atoms with van der Waals surface area (Å²) in [7, 11) is 1.41. The molecule has 1 heterocycles. The minimum Gasteiger partial charge on any atom is -0.459 e. The van der Waals surface area contributed by atoms with E-state index in [0.717, 1.165) is 69.5 Å². The van der Waals surface area contributed by atoms with Crippen molar-refractivity contribution in [3.05, 3.63) is 120 Å². The second kappa shape index (κ2) is 20.2. The average molecular weight is 835 g/mol. The number of carbonyl (C=O) groups is 1. The summed E-state index contributed by atoms with van der Waals surface area (Å²) in [5.41, 5.74) is 3.64. The fourth-order valence-corrected chi connectivity index (χ4v) is 10.1. The van der Waals surface area contributed by atoms with Gasteiger partial charge in [-0.05, 0) is 115 Å². The molecule has 0 saturated heterocycles. The third kappa shape index (κ3) is 8.96. The maximum absolute atomic E-state index is 14.4. The van der Waals surface area contributed by atoms with Gasteiger partial charge in [-0.3, -0.25) is 4.90 Å². The minimum absolute atomic E-state index is 0.0752. The summed E-state index contributed by atoms with van der Waals surface area (Å²) in [4.78, 5) is 23.2. The molecule has 1 amide bonds. The number of hydrogen-bond donors (Lipinski definition) is 2. The molecule has 0 radical (unpaired) electrons. The standard InChI is InChI=1S/C49H58N2O8S/c1-5-28-56-49-45(51(48(54)55-3)32-35-17-13-16-33-14-7-8-18-39(33)35)31-43(50-57-6-2)41-29-34(15-9-11-26-52)40(19-10-12-27-53)46(47(41)49)42-30-37(22-25-44(42)59-49)58-36-20-23-38(60-4)24-21-36/h5,7-8,13-14,16-18,20-25,29-30,34,40,45-47,52-53H,1,6,9-12,15,19,26-28,31-32H2,2-4H3. The molecule has 1 saturated carbocycles. The van der Waals surface area contributed by atoms with Crippen molar-refractivity contribution in [2.24, 2.45) is 22.9 Å². The van der Waals surface area contributed by atoms with Gasteiger partial charge in [-0.2, -0.15) is 0 Å². The monoisotopic (exact) mass is 834 g/mol. The van der Waals surface area contributed by atoms with Crippen molar-refractivity contribution in [2.45, 2.75) is 81.1 Å². The number of aliphatic hydroxyl groups excluding tert-OH is 2. The Bertz CT molecular complexity index is 2150. The van der Waals surface area contributed by atoms with Gasteiger partial charge >= 0.3 is 6.09 Å². The van der Waals surface area contributed by atoms with E-state index in [1.807, 2.05) is 73.8 Å². The molecule has 1 aliphatic heterocycles. The Morgan fingerprint density at radius 3 is 2.47 bits per heavy atom. The molecule has 2 aliphatic carbocycles. The number of unbranched alkanes of at least 4 members (excludes halogenated alkanes) is 2. The topological polar surface area (TPSA) is 119 Å². The SMILES string of the molecule is C=CCOC12Oc3ccc(Oc4ccc(SC)cc4)cc3C3C(CCCCO)C(CCCCO)C=C(C(=NOCC)CC1N(Cc1cccc4ccccc14)C(=O)OC)C32. The summed E-state index contributed by atoms with van der Waals surface area (Å²) in [5, 5.41) is 26.8. The predicted octanol–water partition coefficient (Wildman–Crippen LogP) is 10.3. The van der Waals surface area contributed by atoms with Gasteiger partial charge in [0.05, 0.1) is 31.9 Å². The van der Waals surface area contributed by atoms with Crippen molar-refractivity contribution in [3.63, 3.8) is 0 Å². The number of thioether (sulfide) groups is 1. The van der Waals surface area contributed by atoms with Gasteiger partial charge in [-0.1, -0.05) is 72.6 Å². The number of carbonyl (C=O) groups excluding carboxylic acids is 1. The van der Waals surface area contributed by atoms with Crippen molar-refractivity contribution in [2.75, 3.05) is 39.8 Å². The van der Waals surface area contributed by atoms with E-state index in [-0.39, 0.29) is 50.5 Å². The molecule has 6 unspecified atom stereocenters. The second-order valence-electron chi connectivity index (χ2n) is 15.7. The smallest absolute Gasteiger partial charge is 0.410 e. The molecule has 3 aliphatic rings. The Morgan fingerprint density at radius 1 is 0.983 bits per heavy atom. The van der Waals surface area contributed by atoms with Crippen LogP contribution in [-0.2, 0) is 20.9 Å². The van der Waals surface area contributed by atoms with Crippen LogP contribution in [0.5, 0.6) is 17.2 Å². The van der Waals surface area contributed by atoms with E-state index >= 15 is 0 Å². The quantitative estimate of drug-likeness (QED) is 0.0412. The largest absolute Gasteiger partial charge is 0.459 e. The summed E-state index contributed by atoms with van der Waals surface area (Å²) in [6.45, 7) is 6.93. The van der Waals surface area contributed by atoms with E-state index in [1.54, 1.807) is 22.7 Å². The van der Waals surface area contributed by atoms with Crippen molar-refractivity contribution in [1.29, 1.82) is 0 Å². The van der Waals surface area contributed by atoms with Crippen LogP contribution < -0.4 is 9.47 Å². The van der Waals surface area contributed by atoms with Crippen LogP contribution in [0.15, 0.2) is 119 Å². The maximum atomic E-state index is 14.4. The first kappa shape index (κ1) is 43.3. The lowest BCUT2D eigenvalue weighted by molar-refractivity contribution is -0.256. The van der Waals surface area contributed by atoms with Crippen LogP contribution in [0.2, 0.25) is 0 Å². The number of benzene rings is 4. The summed E-state index contributed by atoms with van der Waals surface area (Å²) in [6, 6.07) is 27.6. The van der Waals surface area contributed by atoms with E-state index in [2.05, 4.69) is 36.9 Å². The van der Waals surface area contributed by atoms with Crippen LogP contribution in [0.3, 0.4) is 0 Å². The lowest BCUT2D eigenvalue weighted by Gasteiger charge is -2.59. The summed E-state index contributed by atoms with van der Waals surface area (Å²) in [5.74, 6) is 0.183. The molecule has 60 heavy (non-hydrogen) atoms. The number of methoxy groups -OCH3 is 1. The van der Waals surface area contributed by atoms with Crippen LogP contribution >= 0.6 is 11.8 Å². The normalized spacial score (nSPS) is 23.5. The third-order valence-electron chi connectivity index (χ3n) is 12.2. The highest BCUT2D eigenvalue weighted by Gasteiger charge is 2.65. The molecule has 2 N–H and O–H groups in total. The number of ether oxygens (including phenoxy) is 4. The first-order valence-electron chi connectivity index (χ1n) is 21.2. The van der Waals surface area contributed by atoms with Crippen LogP contribution in [-0.4, -0.2) is 78.5 Å². The highest BCUT2D eigenvalue weighted by molar-refractivity contribution is 7.98. The van der Waals surface area contributed by atoms with Crippen LogP contribution in [0.4, 0.5) is 4.79 Å². The highest BCUT2D eigenvalue weighted by atomic mass is 32.2. The number of oxime groups is 1. The molecule has 318 valence electrons. The van der Waals surface area contributed by atoms with Gasteiger partial charge in [0.1, 0.15) is 29.9 Å². The average Bonchev–Trinajstić information content (AvgIpc) is 3.28.